The maximum Gasteiger partial charge on any atom is 0.223 e. The van der Waals surface area contributed by atoms with Crippen LogP contribution in [0.4, 0.5) is 0 Å². The fraction of sp³-hybridized carbons (Fsp3) is 0.842. The Morgan fingerprint density at radius 2 is 1.96 bits per heavy atom. The molecule has 26 heavy (non-hydrogen) atoms. The van der Waals surface area contributed by atoms with Crippen LogP contribution in [0.15, 0.2) is 6.33 Å². The summed E-state index contributed by atoms with van der Waals surface area (Å²) in [5.74, 6) is 1.78. The van der Waals surface area contributed by atoms with Gasteiger partial charge in [0, 0.05) is 31.7 Å². The summed E-state index contributed by atoms with van der Waals surface area (Å²) in [5, 5.41) is 7.60. The molecule has 1 N–H and O–H groups in total. The third kappa shape index (κ3) is 3.93. The van der Waals surface area contributed by atoms with Gasteiger partial charge in [0.15, 0.2) is 0 Å². The third-order valence-corrected chi connectivity index (χ3v) is 6.22. The molecule has 1 amide bonds. The summed E-state index contributed by atoms with van der Waals surface area (Å²) < 4.78 is 7.39. The van der Waals surface area contributed by atoms with Crippen LogP contribution in [0.3, 0.4) is 0 Å². The number of carbonyl (C=O) groups is 1. The lowest BCUT2D eigenvalue weighted by atomic mass is 9.93. The molecule has 2 saturated heterocycles. The molecular formula is C19H31N5O2. The van der Waals surface area contributed by atoms with Gasteiger partial charge in [0.25, 0.3) is 0 Å². The highest BCUT2D eigenvalue weighted by molar-refractivity contribution is 5.79. The van der Waals surface area contributed by atoms with E-state index in [1.165, 1.54) is 12.8 Å². The van der Waals surface area contributed by atoms with Crippen molar-refractivity contribution in [1.82, 2.24) is 25.0 Å². The van der Waals surface area contributed by atoms with E-state index in [-0.39, 0.29) is 17.9 Å². The molecule has 7 nitrogen and oxygen atoms in total. The smallest absolute Gasteiger partial charge is 0.223 e. The lowest BCUT2D eigenvalue weighted by Crippen LogP contribution is -2.47. The fourth-order valence-electron chi connectivity index (χ4n) is 4.43. The normalized spacial score (nSPS) is 24.5. The Kier molecular flexibility index (Phi) is 5.55. The maximum absolute atomic E-state index is 12.9. The predicted octanol–water partition coefficient (Wildman–Crippen LogP) is 1.76. The van der Waals surface area contributed by atoms with Crippen LogP contribution in [0.25, 0.3) is 0 Å². The zero-order chi connectivity index (χ0) is 17.9. The molecule has 4 rings (SSSR count). The summed E-state index contributed by atoms with van der Waals surface area (Å²) in [6.45, 7) is 6.68. The van der Waals surface area contributed by atoms with E-state index >= 15 is 0 Å². The van der Waals surface area contributed by atoms with Gasteiger partial charge < -0.3 is 15.0 Å². The van der Waals surface area contributed by atoms with Gasteiger partial charge in [-0.3, -0.25) is 4.79 Å². The summed E-state index contributed by atoms with van der Waals surface area (Å²) in [4.78, 5) is 19.9. The summed E-state index contributed by atoms with van der Waals surface area (Å²) in [6, 6.07) is 0.675. The maximum atomic E-state index is 12.9. The Hall–Kier alpha value is -1.47. The molecule has 3 fully saturated rings. The minimum absolute atomic E-state index is 0.0264. The SMILES string of the molecule is CCn1ncnc1C(NC(=O)C1CCN(C2CCOCC2)CC1)C1CC1. The number of nitrogens with zero attached hydrogens (tertiary/aromatic N) is 4. The van der Waals surface area contributed by atoms with E-state index in [0.717, 1.165) is 64.4 Å². The van der Waals surface area contributed by atoms with Crippen molar-refractivity contribution in [3.05, 3.63) is 12.2 Å². The first-order valence-electron chi connectivity index (χ1n) is 10.3. The van der Waals surface area contributed by atoms with Crippen LogP contribution in [-0.2, 0) is 16.1 Å². The van der Waals surface area contributed by atoms with Gasteiger partial charge >= 0.3 is 0 Å². The minimum atomic E-state index is 0.0264. The number of likely N-dealkylation sites (tertiary alicyclic amines) is 1. The highest BCUT2D eigenvalue weighted by atomic mass is 16.5. The van der Waals surface area contributed by atoms with Crippen LogP contribution in [-0.4, -0.2) is 57.9 Å². The van der Waals surface area contributed by atoms with Crippen molar-refractivity contribution in [2.24, 2.45) is 11.8 Å². The highest BCUT2D eigenvalue weighted by Crippen LogP contribution is 2.40. The summed E-state index contributed by atoms with van der Waals surface area (Å²) in [5.41, 5.74) is 0. The van der Waals surface area contributed by atoms with Gasteiger partial charge in [0.2, 0.25) is 5.91 Å². The number of aryl methyl sites for hydroxylation is 1. The third-order valence-electron chi connectivity index (χ3n) is 6.22. The van der Waals surface area contributed by atoms with Gasteiger partial charge in [-0.25, -0.2) is 9.67 Å². The molecule has 3 aliphatic rings. The highest BCUT2D eigenvalue weighted by Gasteiger charge is 2.38. The van der Waals surface area contributed by atoms with Gasteiger partial charge in [-0.1, -0.05) is 0 Å². The number of piperidine rings is 1. The summed E-state index contributed by atoms with van der Waals surface area (Å²) >= 11 is 0. The second-order valence-corrected chi connectivity index (χ2v) is 7.91. The van der Waals surface area contributed by atoms with Crippen LogP contribution in [0.1, 0.15) is 57.3 Å². The molecule has 7 heteroatoms. The second-order valence-electron chi connectivity index (χ2n) is 7.91. The van der Waals surface area contributed by atoms with Gasteiger partial charge in [-0.2, -0.15) is 5.10 Å². The fourth-order valence-corrected chi connectivity index (χ4v) is 4.43. The molecule has 0 aromatic carbocycles. The molecule has 144 valence electrons. The van der Waals surface area contributed by atoms with Crippen LogP contribution in [0.5, 0.6) is 0 Å². The van der Waals surface area contributed by atoms with E-state index in [0.29, 0.717) is 12.0 Å². The average Bonchev–Trinajstić information content (AvgIpc) is 3.43. The van der Waals surface area contributed by atoms with Crippen molar-refractivity contribution in [1.29, 1.82) is 0 Å². The van der Waals surface area contributed by atoms with E-state index < -0.39 is 0 Å². The van der Waals surface area contributed by atoms with Crippen LogP contribution >= 0.6 is 0 Å². The van der Waals surface area contributed by atoms with Gasteiger partial charge in [0.05, 0.1) is 6.04 Å². The molecule has 1 saturated carbocycles. The number of carbonyl (C=O) groups excluding carboxylic acids is 1. The lowest BCUT2D eigenvalue weighted by Gasteiger charge is -2.39. The zero-order valence-electron chi connectivity index (χ0n) is 15.8. The molecule has 1 atom stereocenters. The first kappa shape index (κ1) is 17.9. The largest absolute Gasteiger partial charge is 0.381 e. The first-order chi connectivity index (χ1) is 12.8. The Morgan fingerprint density at radius 3 is 2.62 bits per heavy atom. The number of hydrogen-bond donors (Lipinski definition) is 1. The lowest BCUT2D eigenvalue weighted by molar-refractivity contribution is -0.127. The summed E-state index contributed by atoms with van der Waals surface area (Å²) in [6.07, 6.45) is 8.13. The Bertz CT molecular complexity index is 601. The average molecular weight is 361 g/mol. The zero-order valence-corrected chi connectivity index (χ0v) is 15.8. The number of rotatable bonds is 6. The van der Waals surface area contributed by atoms with E-state index in [9.17, 15) is 4.79 Å². The number of amides is 1. The molecule has 1 aromatic rings. The Balaban J connectivity index is 1.33. The second kappa shape index (κ2) is 8.05. The molecule has 1 unspecified atom stereocenters. The number of nitrogens with one attached hydrogen (secondary N) is 1. The van der Waals surface area contributed by atoms with E-state index in [1.807, 2.05) is 4.68 Å². The van der Waals surface area contributed by atoms with Gasteiger partial charge in [-0.05, 0) is 64.5 Å². The minimum Gasteiger partial charge on any atom is -0.381 e. The molecule has 1 aromatic heterocycles. The summed E-state index contributed by atoms with van der Waals surface area (Å²) in [7, 11) is 0. The number of aromatic nitrogens is 3. The monoisotopic (exact) mass is 361 g/mol. The Labute approximate surface area is 155 Å². The van der Waals surface area contributed by atoms with E-state index in [4.69, 9.17) is 4.74 Å². The molecule has 1 aliphatic carbocycles. The molecule has 0 spiro atoms. The molecule has 2 aliphatic heterocycles. The number of hydrogen-bond acceptors (Lipinski definition) is 5. The quantitative estimate of drug-likeness (QED) is 0.836. The van der Waals surface area contributed by atoms with Crippen molar-refractivity contribution >= 4 is 5.91 Å². The van der Waals surface area contributed by atoms with Crippen molar-refractivity contribution in [3.63, 3.8) is 0 Å². The molecule has 0 bridgehead atoms. The number of ether oxygens (including phenoxy) is 1. The van der Waals surface area contributed by atoms with Crippen molar-refractivity contribution in [2.75, 3.05) is 26.3 Å². The first-order valence-corrected chi connectivity index (χ1v) is 10.3. The molecular weight excluding hydrogens is 330 g/mol. The Morgan fingerprint density at radius 1 is 1.23 bits per heavy atom. The predicted molar refractivity (Wildman–Crippen MR) is 97.4 cm³/mol. The standard InChI is InChI=1S/C19H31N5O2/c1-2-24-18(20-13-21-24)17(14-3-4-14)22-19(25)15-5-9-23(10-6-15)16-7-11-26-12-8-16/h13-17H,2-12H2,1H3,(H,22,25). The topological polar surface area (TPSA) is 72.3 Å². The molecule has 3 heterocycles. The van der Waals surface area contributed by atoms with Gasteiger partial charge in [-0.15, -0.1) is 0 Å². The van der Waals surface area contributed by atoms with Crippen molar-refractivity contribution < 1.29 is 9.53 Å². The van der Waals surface area contributed by atoms with Crippen LogP contribution in [0, 0.1) is 11.8 Å². The van der Waals surface area contributed by atoms with E-state index in [1.54, 1.807) is 6.33 Å². The van der Waals surface area contributed by atoms with Crippen molar-refractivity contribution in [3.8, 4) is 0 Å². The van der Waals surface area contributed by atoms with Gasteiger partial charge in [0.1, 0.15) is 12.2 Å². The molecule has 0 radical (unpaired) electrons. The van der Waals surface area contributed by atoms with Crippen LogP contribution in [0.2, 0.25) is 0 Å². The van der Waals surface area contributed by atoms with Crippen molar-refractivity contribution in [2.45, 2.75) is 64.1 Å². The van der Waals surface area contributed by atoms with E-state index in [2.05, 4.69) is 27.2 Å². The van der Waals surface area contributed by atoms with Crippen LogP contribution < -0.4 is 5.32 Å².